The molecule has 0 amide bonds. The van der Waals surface area contributed by atoms with Crippen molar-refractivity contribution in [3.8, 4) is 0 Å². The van der Waals surface area contributed by atoms with Gasteiger partial charge in [-0.1, -0.05) is 16.8 Å². The Bertz CT molecular complexity index is 181. The van der Waals surface area contributed by atoms with Crippen LogP contribution in [0.5, 0.6) is 0 Å². The summed E-state index contributed by atoms with van der Waals surface area (Å²) in [5, 5.41) is 9.14. The van der Waals surface area contributed by atoms with Crippen molar-refractivity contribution in [2.75, 3.05) is 13.6 Å². The number of nitroso groups, excluding NO2 is 1. The second-order valence-electron chi connectivity index (χ2n) is 1.61. The van der Waals surface area contributed by atoms with Gasteiger partial charge in [-0.2, -0.15) is 15.1 Å². The first-order chi connectivity index (χ1) is 5.22. The van der Waals surface area contributed by atoms with E-state index in [1.165, 1.54) is 13.2 Å². The van der Waals surface area contributed by atoms with Gasteiger partial charge in [0.15, 0.2) is 0 Å². The van der Waals surface area contributed by atoms with Crippen LogP contribution in [0.3, 0.4) is 0 Å². The summed E-state index contributed by atoms with van der Waals surface area (Å²) in [6.07, 6.45) is 1.28. The highest BCUT2D eigenvalue weighted by atomic mass is 35.5. The van der Waals surface area contributed by atoms with Crippen LogP contribution in [-0.4, -0.2) is 19.0 Å². The Morgan fingerprint density at radius 1 is 1.73 bits per heavy atom. The minimum Gasteiger partial charge on any atom is -0.193 e. The third-order valence-electron chi connectivity index (χ3n) is 0.831. The van der Waals surface area contributed by atoms with E-state index in [9.17, 15) is 4.91 Å². The van der Waals surface area contributed by atoms with E-state index in [0.29, 0.717) is 0 Å². The number of azo groups is 1. The molecule has 4 nitrogen and oxygen atoms in total. The van der Waals surface area contributed by atoms with Gasteiger partial charge in [-0.05, 0) is 0 Å². The first-order valence-electron chi connectivity index (χ1n) is 2.80. The van der Waals surface area contributed by atoms with Crippen LogP contribution < -0.4 is 0 Å². The lowest BCUT2D eigenvalue weighted by Crippen LogP contribution is -2.01. The van der Waals surface area contributed by atoms with E-state index in [-0.39, 0.29) is 11.6 Å². The van der Waals surface area contributed by atoms with Crippen molar-refractivity contribution in [1.29, 1.82) is 0 Å². The Kier molecular flexibility index (Phi) is 5.97. The van der Waals surface area contributed by atoms with Gasteiger partial charge in [-0.15, -0.1) is 11.6 Å². The number of hydrogen-bond acceptors (Lipinski definition) is 4. The largest absolute Gasteiger partial charge is 0.193 e. The highest BCUT2D eigenvalue weighted by molar-refractivity contribution is 6.37. The zero-order valence-electron chi connectivity index (χ0n) is 5.87. The average molecular weight is 196 g/mol. The van der Waals surface area contributed by atoms with Gasteiger partial charge < -0.3 is 0 Å². The molecule has 0 radical (unpaired) electrons. The third kappa shape index (κ3) is 4.86. The van der Waals surface area contributed by atoms with E-state index in [2.05, 4.69) is 15.4 Å². The molecule has 1 unspecified atom stereocenters. The van der Waals surface area contributed by atoms with Crippen LogP contribution in [0.2, 0.25) is 0 Å². The normalized spacial score (nSPS) is 15.4. The average Bonchev–Trinajstić information content (AvgIpc) is 2.00. The van der Waals surface area contributed by atoms with Crippen LogP contribution in [0, 0.1) is 4.91 Å². The maximum absolute atomic E-state index is 9.72. The molecule has 0 heterocycles. The number of rotatable bonds is 4. The summed E-state index contributed by atoms with van der Waals surface area (Å²) in [4.78, 5) is 9.72. The zero-order valence-corrected chi connectivity index (χ0v) is 7.38. The molecule has 0 aliphatic rings. The summed E-state index contributed by atoms with van der Waals surface area (Å²) in [7, 11) is 1.50. The molecule has 0 spiro atoms. The smallest absolute Gasteiger partial charge is 0.102 e. The molecule has 62 valence electrons. The van der Waals surface area contributed by atoms with E-state index < -0.39 is 5.38 Å². The Morgan fingerprint density at radius 2 is 2.36 bits per heavy atom. The topological polar surface area (TPSA) is 54.1 Å². The minimum atomic E-state index is -0.598. The van der Waals surface area contributed by atoms with Crippen LogP contribution in [0.25, 0.3) is 0 Å². The van der Waals surface area contributed by atoms with Crippen molar-refractivity contribution in [3.05, 3.63) is 16.1 Å². The molecule has 0 aromatic heterocycles. The molecule has 0 saturated heterocycles. The van der Waals surface area contributed by atoms with Gasteiger partial charge in [-0.3, -0.25) is 0 Å². The molecule has 0 aliphatic heterocycles. The van der Waals surface area contributed by atoms with Gasteiger partial charge in [0.25, 0.3) is 0 Å². The highest BCUT2D eigenvalue weighted by Gasteiger charge is 2.07. The van der Waals surface area contributed by atoms with Crippen LogP contribution in [0.4, 0.5) is 0 Å². The maximum atomic E-state index is 9.72. The second-order valence-corrected chi connectivity index (χ2v) is 2.57. The number of alkyl halides is 1. The summed E-state index contributed by atoms with van der Waals surface area (Å²) in [5.74, 6) is 0. The molecule has 0 aliphatic carbocycles. The van der Waals surface area contributed by atoms with E-state index in [4.69, 9.17) is 23.2 Å². The highest BCUT2D eigenvalue weighted by Crippen LogP contribution is 2.14. The first kappa shape index (κ1) is 10.5. The lowest BCUT2D eigenvalue weighted by molar-refractivity contribution is 0.982. The molecule has 0 fully saturated rings. The number of nitrogens with zero attached hydrogens (tertiary/aromatic N) is 3. The van der Waals surface area contributed by atoms with Crippen LogP contribution in [0.1, 0.15) is 0 Å². The van der Waals surface area contributed by atoms with E-state index >= 15 is 0 Å². The first-order valence-corrected chi connectivity index (χ1v) is 3.61. The summed E-state index contributed by atoms with van der Waals surface area (Å²) < 4.78 is 0. The number of hydrogen-bond donors (Lipinski definition) is 0. The standard InChI is InChI=1S/C5H7Cl2N3O/c1-8-9-2-4(6)5(7)3-10-11/h2,5H,3H2,1H3/b4-2+,9-8-. The van der Waals surface area contributed by atoms with Crippen LogP contribution in [-0.2, 0) is 0 Å². The molecule has 0 bridgehead atoms. The number of halogens is 2. The third-order valence-corrected chi connectivity index (χ3v) is 1.68. The molecule has 0 saturated carbocycles. The molecule has 1 atom stereocenters. The Hall–Kier alpha value is -0.480. The van der Waals surface area contributed by atoms with Gasteiger partial charge in [0, 0.05) is 7.05 Å². The molecular weight excluding hydrogens is 189 g/mol. The van der Waals surface area contributed by atoms with Gasteiger partial charge >= 0.3 is 0 Å². The zero-order chi connectivity index (χ0) is 8.69. The molecule has 11 heavy (non-hydrogen) atoms. The van der Waals surface area contributed by atoms with Gasteiger partial charge in [-0.25, -0.2) is 0 Å². The van der Waals surface area contributed by atoms with Crippen molar-refractivity contribution in [1.82, 2.24) is 0 Å². The molecule has 0 aromatic rings. The predicted molar refractivity (Wildman–Crippen MR) is 45.0 cm³/mol. The second kappa shape index (κ2) is 6.24. The van der Waals surface area contributed by atoms with Gasteiger partial charge in [0.1, 0.15) is 6.54 Å². The summed E-state index contributed by atoms with van der Waals surface area (Å²) in [6.45, 7) is -0.0594. The lowest BCUT2D eigenvalue weighted by Gasteiger charge is -1.98. The van der Waals surface area contributed by atoms with E-state index in [0.717, 1.165) is 0 Å². The summed E-state index contributed by atoms with van der Waals surface area (Å²) >= 11 is 11.1. The Balaban J connectivity index is 3.98. The monoisotopic (exact) mass is 195 g/mol. The molecule has 0 rings (SSSR count). The summed E-state index contributed by atoms with van der Waals surface area (Å²) in [6, 6.07) is 0. The molecule has 6 heteroatoms. The van der Waals surface area contributed by atoms with Gasteiger partial charge in [0.05, 0.1) is 16.6 Å². The molecule has 0 aromatic carbocycles. The maximum Gasteiger partial charge on any atom is 0.102 e. The quantitative estimate of drug-likeness (QED) is 0.387. The van der Waals surface area contributed by atoms with E-state index in [1.807, 2.05) is 0 Å². The minimum absolute atomic E-state index is 0.0594. The fourth-order valence-corrected chi connectivity index (χ4v) is 0.572. The van der Waals surface area contributed by atoms with Crippen molar-refractivity contribution in [3.63, 3.8) is 0 Å². The van der Waals surface area contributed by atoms with Gasteiger partial charge in [0.2, 0.25) is 0 Å². The van der Waals surface area contributed by atoms with Crippen molar-refractivity contribution in [2.45, 2.75) is 5.38 Å². The van der Waals surface area contributed by atoms with Crippen LogP contribution in [0.15, 0.2) is 26.6 Å². The fraction of sp³-hybridized carbons (Fsp3) is 0.600. The van der Waals surface area contributed by atoms with Crippen molar-refractivity contribution >= 4 is 23.2 Å². The Morgan fingerprint density at radius 3 is 2.82 bits per heavy atom. The van der Waals surface area contributed by atoms with Crippen LogP contribution >= 0.6 is 23.2 Å². The fourth-order valence-electron chi connectivity index (χ4n) is 0.346. The Labute approximate surface area is 74.3 Å². The van der Waals surface area contributed by atoms with Crippen molar-refractivity contribution < 1.29 is 0 Å². The van der Waals surface area contributed by atoms with E-state index in [1.54, 1.807) is 0 Å². The molecular formula is C5H7Cl2N3O. The SMILES string of the molecule is C/N=N\C=C(\Cl)C(Cl)CN=O. The lowest BCUT2D eigenvalue weighted by atomic mass is 10.4. The molecule has 0 N–H and O–H groups in total. The summed E-state index contributed by atoms with van der Waals surface area (Å²) in [5.41, 5.74) is 0. The van der Waals surface area contributed by atoms with Crippen molar-refractivity contribution in [2.24, 2.45) is 15.4 Å². The predicted octanol–water partition coefficient (Wildman–Crippen LogP) is 2.52.